The zero-order chi connectivity index (χ0) is 14.8. The smallest absolute Gasteiger partial charge is 0.259 e. The summed E-state index contributed by atoms with van der Waals surface area (Å²) in [6.45, 7) is 2.53. The van der Waals surface area contributed by atoms with Gasteiger partial charge in [0.2, 0.25) is 5.91 Å². The number of thiophene rings is 1. The first kappa shape index (κ1) is 14.6. The number of nitrogens with zero attached hydrogens (tertiary/aromatic N) is 1. The van der Waals surface area contributed by atoms with Gasteiger partial charge in [0, 0.05) is 11.4 Å². The third-order valence-corrected chi connectivity index (χ3v) is 5.60. The number of hydrogen-bond acceptors (Lipinski definition) is 5. The predicted octanol–water partition coefficient (Wildman–Crippen LogP) is 1.84. The van der Waals surface area contributed by atoms with Crippen LogP contribution in [0.25, 0.3) is 10.2 Å². The second kappa shape index (κ2) is 6.19. The van der Waals surface area contributed by atoms with Crippen molar-refractivity contribution in [2.24, 2.45) is 0 Å². The minimum absolute atomic E-state index is 0.0148. The van der Waals surface area contributed by atoms with Crippen LogP contribution in [0.2, 0.25) is 0 Å². The molecule has 0 fully saturated rings. The maximum atomic E-state index is 12.2. The Kier molecular flexibility index (Phi) is 4.30. The van der Waals surface area contributed by atoms with Gasteiger partial charge in [0.15, 0.2) is 0 Å². The molecule has 2 aromatic rings. The van der Waals surface area contributed by atoms with E-state index in [9.17, 15) is 9.59 Å². The van der Waals surface area contributed by atoms with Gasteiger partial charge in [0.05, 0.1) is 16.9 Å². The summed E-state index contributed by atoms with van der Waals surface area (Å²) in [4.78, 5) is 33.2. The first-order valence-corrected chi connectivity index (χ1v) is 9.04. The molecule has 1 amide bonds. The van der Waals surface area contributed by atoms with Crippen molar-refractivity contribution < 1.29 is 4.79 Å². The summed E-state index contributed by atoms with van der Waals surface area (Å²) in [5.41, 5.74) is 1.17. The zero-order valence-electron chi connectivity index (χ0n) is 11.8. The second-order valence-corrected chi connectivity index (χ2v) is 7.07. The molecule has 0 radical (unpaired) electrons. The molecular formula is C14H17N3O2S2. The third kappa shape index (κ3) is 2.98. The van der Waals surface area contributed by atoms with E-state index in [1.165, 1.54) is 22.2 Å². The molecular weight excluding hydrogens is 306 g/mol. The standard InChI is InChI=1S/C14H17N3O2S2/c1-2-15-11(18)7-20-6-10-16-13(19)12-8-4-3-5-9(8)21-14(12)17-10/h2-7H2,1H3,(H,15,18)(H,16,17,19). The number of nitrogens with one attached hydrogen (secondary N) is 2. The Balaban J connectivity index is 1.76. The molecule has 0 bridgehead atoms. The molecule has 0 atom stereocenters. The summed E-state index contributed by atoms with van der Waals surface area (Å²) in [6, 6.07) is 0. The fourth-order valence-electron chi connectivity index (χ4n) is 2.60. The van der Waals surface area contributed by atoms with Gasteiger partial charge in [-0.1, -0.05) is 0 Å². The van der Waals surface area contributed by atoms with Crippen molar-refractivity contribution in [2.75, 3.05) is 12.3 Å². The molecule has 21 heavy (non-hydrogen) atoms. The lowest BCUT2D eigenvalue weighted by Crippen LogP contribution is -2.24. The number of amides is 1. The van der Waals surface area contributed by atoms with Gasteiger partial charge in [0.25, 0.3) is 5.56 Å². The van der Waals surface area contributed by atoms with Crippen LogP contribution >= 0.6 is 23.1 Å². The molecule has 0 aromatic carbocycles. The fraction of sp³-hybridized carbons (Fsp3) is 0.500. The number of rotatable bonds is 5. The molecule has 7 heteroatoms. The van der Waals surface area contributed by atoms with Crippen LogP contribution in [0.5, 0.6) is 0 Å². The predicted molar refractivity (Wildman–Crippen MR) is 87.1 cm³/mol. The van der Waals surface area contributed by atoms with E-state index in [0.717, 1.165) is 29.5 Å². The van der Waals surface area contributed by atoms with E-state index in [4.69, 9.17) is 0 Å². The van der Waals surface area contributed by atoms with Gasteiger partial charge in [-0.2, -0.15) is 0 Å². The molecule has 0 unspecified atom stereocenters. The highest BCUT2D eigenvalue weighted by molar-refractivity contribution is 7.99. The summed E-state index contributed by atoms with van der Waals surface area (Å²) >= 11 is 3.11. The lowest BCUT2D eigenvalue weighted by molar-refractivity contribution is -0.118. The van der Waals surface area contributed by atoms with E-state index in [-0.39, 0.29) is 11.5 Å². The highest BCUT2D eigenvalue weighted by atomic mass is 32.2. The van der Waals surface area contributed by atoms with E-state index in [1.54, 1.807) is 11.3 Å². The van der Waals surface area contributed by atoms with E-state index in [2.05, 4.69) is 15.3 Å². The lowest BCUT2D eigenvalue weighted by atomic mass is 10.2. The zero-order valence-corrected chi connectivity index (χ0v) is 13.5. The first-order chi connectivity index (χ1) is 10.2. The molecule has 0 saturated carbocycles. The highest BCUT2D eigenvalue weighted by Crippen LogP contribution is 2.34. The van der Waals surface area contributed by atoms with Crippen LogP contribution in [-0.2, 0) is 23.4 Å². The molecule has 3 rings (SSSR count). The third-order valence-electron chi connectivity index (χ3n) is 3.47. The molecule has 2 heterocycles. The number of aromatic nitrogens is 2. The topological polar surface area (TPSA) is 74.8 Å². The van der Waals surface area contributed by atoms with E-state index < -0.39 is 0 Å². The fourth-order valence-corrected chi connectivity index (χ4v) is 4.60. The molecule has 1 aliphatic carbocycles. The SMILES string of the molecule is CCNC(=O)CSCc1nc2sc3c(c2c(=O)[nH]1)CCC3. The van der Waals surface area contributed by atoms with Crippen LogP contribution in [-0.4, -0.2) is 28.2 Å². The largest absolute Gasteiger partial charge is 0.356 e. The number of aromatic amines is 1. The van der Waals surface area contributed by atoms with Crippen molar-refractivity contribution in [1.82, 2.24) is 15.3 Å². The number of fused-ring (bicyclic) bond motifs is 3. The van der Waals surface area contributed by atoms with E-state index in [0.29, 0.717) is 23.9 Å². The Bertz CT molecular complexity index is 736. The van der Waals surface area contributed by atoms with Crippen LogP contribution in [0, 0.1) is 0 Å². The van der Waals surface area contributed by atoms with Crippen LogP contribution in [0.15, 0.2) is 4.79 Å². The first-order valence-electron chi connectivity index (χ1n) is 7.07. The average molecular weight is 323 g/mol. The van der Waals surface area contributed by atoms with Crippen LogP contribution in [0.1, 0.15) is 29.6 Å². The van der Waals surface area contributed by atoms with E-state index >= 15 is 0 Å². The maximum Gasteiger partial charge on any atom is 0.259 e. The lowest BCUT2D eigenvalue weighted by Gasteiger charge is -2.02. The van der Waals surface area contributed by atoms with Crippen LogP contribution in [0.3, 0.4) is 0 Å². The quantitative estimate of drug-likeness (QED) is 0.880. The number of thioether (sulfide) groups is 1. The number of carbonyl (C=O) groups is 1. The number of carbonyl (C=O) groups excluding carboxylic acids is 1. The van der Waals surface area contributed by atoms with Gasteiger partial charge >= 0.3 is 0 Å². The molecule has 5 nitrogen and oxygen atoms in total. The molecule has 2 aromatic heterocycles. The van der Waals surface area contributed by atoms with Gasteiger partial charge < -0.3 is 10.3 Å². The Hall–Kier alpha value is -1.34. The maximum absolute atomic E-state index is 12.2. The van der Waals surface area contributed by atoms with Gasteiger partial charge in [-0.15, -0.1) is 23.1 Å². The monoisotopic (exact) mass is 323 g/mol. The summed E-state index contributed by atoms with van der Waals surface area (Å²) < 4.78 is 0. The highest BCUT2D eigenvalue weighted by Gasteiger charge is 2.20. The van der Waals surface area contributed by atoms with E-state index in [1.807, 2.05) is 6.92 Å². The van der Waals surface area contributed by atoms with Crippen molar-refractivity contribution in [3.05, 3.63) is 26.6 Å². The molecule has 0 saturated heterocycles. The van der Waals surface area contributed by atoms with Crippen molar-refractivity contribution in [3.63, 3.8) is 0 Å². The molecule has 2 N–H and O–H groups in total. The normalized spacial score (nSPS) is 13.6. The average Bonchev–Trinajstić information content (AvgIpc) is 2.98. The van der Waals surface area contributed by atoms with Gasteiger partial charge in [-0.3, -0.25) is 9.59 Å². The van der Waals surface area contributed by atoms with Gasteiger partial charge in [-0.05, 0) is 31.7 Å². The van der Waals surface area contributed by atoms with Gasteiger partial charge in [-0.25, -0.2) is 4.98 Å². The molecule has 112 valence electrons. The Labute approximate surface area is 130 Å². The van der Waals surface area contributed by atoms with Gasteiger partial charge in [0.1, 0.15) is 10.7 Å². The number of H-pyrrole nitrogens is 1. The van der Waals surface area contributed by atoms with Crippen molar-refractivity contribution in [3.8, 4) is 0 Å². The summed E-state index contributed by atoms with van der Waals surface area (Å²) in [5.74, 6) is 1.60. The second-order valence-electron chi connectivity index (χ2n) is 5.00. The minimum Gasteiger partial charge on any atom is -0.356 e. The summed E-state index contributed by atoms with van der Waals surface area (Å²) in [7, 11) is 0. The Morgan fingerprint density at radius 2 is 2.33 bits per heavy atom. The van der Waals surface area contributed by atoms with Crippen molar-refractivity contribution >= 4 is 39.2 Å². The molecule has 0 aliphatic heterocycles. The number of hydrogen-bond donors (Lipinski definition) is 2. The summed E-state index contributed by atoms with van der Waals surface area (Å²) in [6.07, 6.45) is 3.20. The van der Waals surface area contributed by atoms with Crippen LogP contribution < -0.4 is 10.9 Å². The number of aryl methyl sites for hydroxylation is 2. The van der Waals surface area contributed by atoms with Crippen molar-refractivity contribution in [1.29, 1.82) is 0 Å². The van der Waals surface area contributed by atoms with Crippen molar-refractivity contribution in [2.45, 2.75) is 31.9 Å². The summed E-state index contributed by atoms with van der Waals surface area (Å²) in [5, 5.41) is 3.53. The molecule has 0 spiro atoms. The Morgan fingerprint density at radius 1 is 1.48 bits per heavy atom. The Morgan fingerprint density at radius 3 is 3.14 bits per heavy atom. The minimum atomic E-state index is -0.0343. The molecule has 1 aliphatic rings. The van der Waals surface area contributed by atoms with Crippen LogP contribution in [0.4, 0.5) is 0 Å².